The average molecular weight is 342 g/mol. The van der Waals surface area contributed by atoms with Crippen LogP contribution in [0.5, 0.6) is 5.75 Å². The molecule has 2 aromatic rings. The highest BCUT2D eigenvalue weighted by Gasteiger charge is 2.17. The van der Waals surface area contributed by atoms with Crippen molar-refractivity contribution in [2.45, 2.75) is 0 Å². The van der Waals surface area contributed by atoms with Gasteiger partial charge in [0.2, 0.25) is 0 Å². The predicted molar refractivity (Wildman–Crippen MR) is 78.6 cm³/mol. The molecule has 0 spiro atoms. The zero-order valence-electron chi connectivity index (χ0n) is 8.65. The topological polar surface area (TPSA) is 20.2 Å². The van der Waals surface area contributed by atoms with Crippen molar-refractivity contribution in [1.29, 1.82) is 0 Å². The number of benzene rings is 2. The van der Waals surface area contributed by atoms with E-state index in [-0.39, 0.29) is 20.8 Å². The molecule has 0 radical (unpaired) electrons. The van der Waals surface area contributed by atoms with E-state index in [2.05, 4.69) is 0 Å². The van der Waals surface area contributed by atoms with E-state index in [9.17, 15) is 5.11 Å². The fraction of sp³-hybridized carbons (Fsp3) is 0. The molecule has 0 heterocycles. The highest BCUT2D eigenvalue weighted by atomic mass is 35.5. The van der Waals surface area contributed by atoms with Crippen LogP contribution in [0.2, 0.25) is 25.1 Å². The molecule has 2 aromatic carbocycles. The van der Waals surface area contributed by atoms with E-state index < -0.39 is 0 Å². The quantitative estimate of drug-likeness (QED) is 0.601. The molecule has 0 aliphatic heterocycles. The van der Waals surface area contributed by atoms with Gasteiger partial charge in [-0.05, 0) is 12.1 Å². The molecule has 0 saturated heterocycles. The number of phenols is 1. The second kappa shape index (κ2) is 5.36. The Hall–Kier alpha value is -0.310. The number of hydrogen-bond acceptors (Lipinski definition) is 1. The van der Waals surface area contributed by atoms with E-state index in [1.165, 1.54) is 6.07 Å². The van der Waals surface area contributed by atoms with E-state index in [1.807, 2.05) is 0 Å². The van der Waals surface area contributed by atoms with Crippen molar-refractivity contribution < 1.29 is 5.11 Å². The van der Waals surface area contributed by atoms with E-state index >= 15 is 0 Å². The van der Waals surface area contributed by atoms with E-state index in [0.29, 0.717) is 21.2 Å². The fourth-order valence-electron chi connectivity index (χ4n) is 1.52. The number of aromatic hydroxyl groups is 1. The molecule has 94 valence electrons. The summed E-state index contributed by atoms with van der Waals surface area (Å²) in [7, 11) is 0. The summed E-state index contributed by atoms with van der Waals surface area (Å²) in [6.45, 7) is 0. The SMILES string of the molecule is Oc1cc(Cl)c(-c2ccc(Cl)cc2Cl)c(Cl)c1Cl. The first-order valence-electron chi connectivity index (χ1n) is 4.73. The minimum Gasteiger partial charge on any atom is -0.506 e. The molecule has 0 atom stereocenters. The van der Waals surface area contributed by atoms with Crippen LogP contribution in [-0.2, 0) is 0 Å². The van der Waals surface area contributed by atoms with Crippen molar-refractivity contribution in [2.75, 3.05) is 0 Å². The molecule has 0 aliphatic rings. The van der Waals surface area contributed by atoms with Crippen LogP contribution in [0, 0.1) is 0 Å². The second-order valence-electron chi connectivity index (χ2n) is 3.50. The van der Waals surface area contributed by atoms with Gasteiger partial charge in [0.1, 0.15) is 10.8 Å². The predicted octanol–water partition coefficient (Wildman–Crippen LogP) is 6.33. The number of phenolic OH excluding ortho intramolecular Hbond substituents is 1. The van der Waals surface area contributed by atoms with Gasteiger partial charge in [-0.2, -0.15) is 0 Å². The Balaban J connectivity index is 2.75. The van der Waals surface area contributed by atoms with Crippen molar-refractivity contribution in [2.24, 2.45) is 0 Å². The summed E-state index contributed by atoms with van der Waals surface area (Å²) in [5.41, 5.74) is 1.06. The molecule has 1 N–H and O–H groups in total. The number of halogens is 5. The van der Waals surface area contributed by atoms with Gasteiger partial charge in [0.15, 0.2) is 0 Å². The first-order chi connectivity index (χ1) is 8.41. The normalized spacial score (nSPS) is 10.7. The summed E-state index contributed by atoms with van der Waals surface area (Å²) in [5.74, 6) is -0.180. The van der Waals surface area contributed by atoms with E-state index in [4.69, 9.17) is 58.0 Å². The van der Waals surface area contributed by atoms with Gasteiger partial charge in [-0.1, -0.05) is 64.1 Å². The van der Waals surface area contributed by atoms with Gasteiger partial charge in [-0.25, -0.2) is 0 Å². The zero-order chi connectivity index (χ0) is 13.4. The highest BCUT2D eigenvalue weighted by molar-refractivity contribution is 6.47. The zero-order valence-corrected chi connectivity index (χ0v) is 12.4. The van der Waals surface area contributed by atoms with Crippen LogP contribution in [0.3, 0.4) is 0 Å². The molecule has 0 fully saturated rings. The maximum Gasteiger partial charge on any atom is 0.137 e. The average Bonchev–Trinajstić information content (AvgIpc) is 2.29. The van der Waals surface area contributed by atoms with Crippen molar-refractivity contribution in [1.82, 2.24) is 0 Å². The first kappa shape index (κ1) is 14.1. The second-order valence-corrected chi connectivity index (χ2v) is 5.51. The van der Waals surface area contributed by atoms with Gasteiger partial charge < -0.3 is 5.11 Å². The van der Waals surface area contributed by atoms with Crippen molar-refractivity contribution in [3.8, 4) is 16.9 Å². The maximum atomic E-state index is 9.51. The summed E-state index contributed by atoms with van der Waals surface area (Å²) in [4.78, 5) is 0. The number of hydrogen-bond donors (Lipinski definition) is 1. The van der Waals surface area contributed by atoms with Crippen molar-refractivity contribution in [3.63, 3.8) is 0 Å². The fourth-order valence-corrected chi connectivity index (χ4v) is 2.82. The minimum absolute atomic E-state index is 0.0297. The summed E-state index contributed by atoms with van der Waals surface area (Å²) in [6.07, 6.45) is 0. The molecule has 0 aromatic heterocycles. The van der Waals surface area contributed by atoms with Gasteiger partial charge in [0, 0.05) is 27.2 Å². The lowest BCUT2D eigenvalue weighted by atomic mass is 10.1. The molecular formula is C12H5Cl5O. The molecule has 0 unspecified atom stereocenters. The first-order valence-corrected chi connectivity index (χ1v) is 6.62. The molecule has 0 amide bonds. The third-order valence-corrected chi connectivity index (χ3v) is 4.04. The van der Waals surface area contributed by atoms with Crippen LogP contribution >= 0.6 is 58.0 Å². The minimum atomic E-state index is -0.180. The highest BCUT2D eigenvalue weighted by Crippen LogP contribution is 2.45. The van der Waals surface area contributed by atoms with Crippen LogP contribution in [-0.4, -0.2) is 5.11 Å². The van der Waals surface area contributed by atoms with Gasteiger partial charge in [0.25, 0.3) is 0 Å². The van der Waals surface area contributed by atoms with Crippen LogP contribution in [0.4, 0.5) is 0 Å². The molecule has 1 nitrogen and oxygen atoms in total. The van der Waals surface area contributed by atoms with Crippen molar-refractivity contribution in [3.05, 3.63) is 49.4 Å². The molecule has 0 saturated carbocycles. The monoisotopic (exact) mass is 340 g/mol. The largest absolute Gasteiger partial charge is 0.506 e. The van der Waals surface area contributed by atoms with E-state index in [1.54, 1.807) is 18.2 Å². The Morgan fingerprint density at radius 1 is 0.778 bits per heavy atom. The molecule has 0 bridgehead atoms. The van der Waals surface area contributed by atoms with Crippen LogP contribution in [0.1, 0.15) is 0 Å². The lowest BCUT2D eigenvalue weighted by Crippen LogP contribution is -1.85. The van der Waals surface area contributed by atoms with Gasteiger partial charge in [-0.15, -0.1) is 0 Å². The molecule has 0 aliphatic carbocycles. The lowest BCUT2D eigenvalue weighted by Gasteiger charge is -2.12. The summed E-state index contributed by atoms with van der Waals surface area (Å²) in [6, 6.07) is 6.24. The molecule has 18 heavy (non-hydrogen) atoms. The Labute approximate surface area is 129 Å². The van der Waals surface area contributed by atoms with Crippen molar-refractivity contribution >= 4 is 58.0 Å². The summed E-state index contributed by atoms with van der Waals surface area (Å²) < 4.78 is 0. The Morgan fingerprint density at radius 2 is 1.44 bits per heavy atom. The molecule has 6 heteroatoms. The summed E-state index contributed by atoms with van der Waals surface area (Å²) >= 11 is 29.9. The Bertz CT molecular complexity index is 624. The Morgan fingerprint density at radius 3 is 2.06 bits per heavy atom. The Kier molecular flexibility index (Phi) is 4.20. The van der Waals surface area contributed by atoms with Crippen LogP contribution in [0.25, 0.3) is 11.1 Å². The third kappa shape index (κ3) is 2.52. The van der Waals surface area contributed by atoms with Gasteiger partial charge in [-0.3, -0.25) is 0 Å². The van der Waals surface area contributed by atoms with Crippen LogP contribution < -0.4 is 0 Å². The standard InChI is InChI=1S/C12H5Cl5O/c13-5-1-2-6(7(14)3-5)10-8(15)4-9(18)11(16)12(10)17/h1-4,18H. The molecule has 2 rings (SSSR count). The van der Waals surface area contributed by atoms with Gasteiger partial charge >= 0.3 is 0 Å². The third-order valence-electron chi connectivity index (χ3n) is 2.34. The van der Waals surface area contributed by atoms with Gasteiger partial charge in [0.05, 0.1) is 10.0 Å². The number of rotatable bonds is 1. The molecular weight excluding hydrogens is 337 g/mol. The maximum absolute atomic E-state index is 9.51. The summed E-state index contributed by atoms with van der Waals surface area (Å²) in [5, 5.41) is 10.8. The van der Waals surface area contributed by atoms with Crippen LogP contribution in [0.15, 0.2) is 24.3 Å². The smallest absolute Gasteiger partial charge is 0.137 e. The van der Waals surface area contributed by atoms with E-state index in [0.717, 1.165) is 0 Å². The lowest BCUT2D eigenvalue weighted by molar-refractivity contribution is 0.476.